The molecule has 2 heterocycles. The van der Waals surface area contributed by atoms with Gasteiger partial charge in [-0.25, -0.2) is 0 Å². The van der Waals surface area contributed by atoms with Crippen molar-refractivity contribution < 1.29 is 13.9 Å². The van der Waals surface area contributed by atoms with Gasteiger partial charge in [0.25, 0.3) is 0 Å². The first kappa shape index (κ1) is 9.18. The lowest BCUT2D eigenvalue weighted by molar-refractivity contribution is -0.0894. The van der Waals surface area contributed by atoms with Crippen LogP contribution in [-0.2, 0) is 11.3 Å². The summed E-state index contributed by atoms with van der Waals surface area (Å²) in [5, 5.41) is 3.36. The molecule has 1 saturated heterocycles. The van der Waals surface area contributed by atoms with E-state index < -0.39 is 0 Å². The van der Waals surface area contributed by atoms with Crippen LogP contribution < -0.4 is 10.1 Å². The van der Waals surface area contributed by atoms with E-state index in [-0.39, 0.29) is 6.10 Å². The highest BCUT2D eigenvalue weighted by Gasteiger charge is 2.23. The Bertz CT molecular complexity index is 331. The first-order chi connectivity index (χ1) is 7.40. The number of rotatable bonds is 5. The zero-order chi connectivity index (χ0) is 10.1. The molecule has 5 heteroatoms. The van der Waals surface area contributed by atoms with Crippen LogP contribution in [0.2, 0.25) is 0 Å². The quantitative estimate of drug-likeness (QED) is 0.775. The summed E-state index contributed by atoms with van der Waals surface area (Å²) in [7, 11) is 0. The maximum atomic E-state index is 5.42. The van der Waals surface area contributed by atoms with Crippen LogP contribution in [0, 0.1) is 0 Å². The van der Waals surface area contributed by atoms with Gasteiger partial charge in [0.05, 0.1) is 18.9 Å². The Labute approximate surface area is 87.8 Å². The van der Waals surface area contributed by atoms with Gasteiger partial charge in [-0.2, -0.15) is 4.98 Å². The molecule has 0 bridgehead atoms. The van der Waals surface area contributed by atoms with Crippen molar-refractivity contribution in [3.63, 3.8) is 0 Å². The summed E-state index contributed by atoms with van der Waals surface area (Å²) in [6, 6.07) is 0.686. The number of hydrogen-bond donors (Lipinski definition) is 1. The molecule has 0 unspecified atom stereocenters. The summed E-state index contributed by atoms with van der Waals surface area (Å²) >= 11 is 0. The average Bonchev–Trinajstić information content (AvgIpc) is 2.89. The largest absolute Gasteiger partial charge is 0.442 e. The minimum absolute atomic E-state index is 0.118. The van der Waals surface area contributed by atoms with E-state index in [9.17, 15) is 0 Å². The van der Waals surface area contributed by atoms with Gasteiger partial charge in [-0.15, -0.1) is 0 Å². The van der Waals surface area contributed by atoms with Crippen LogP contribution in [-0.4, -0.2) is 30.3 Å². The van der Waals surface area contributed by atoms with E-state index in [0.29, 0.717) is 25.3 Å². The minimum Gasteiger partial charge on any atom is -0.442 e. The number of nitrogens with one attached hydrogen (secondary N) is 1. The monoisotopic (exact) mass is 210 g/mol. The molecule has 5 nitrogen and oxygen atoms in total. The van der Waals surface area contributed by atoms with Crippen LogP contribution in [0.3, 0.4) is 0 Å². The molecule has 1 aliphatic heterocycles. The highest BCUT2D eigenvalue weighted by atomic mass is 16.6. The molecule has 2 fully saturated rings. The van der Waals surface area contributed by atoms with Gasteiger partial charge in [-0.1, -0.05) is 0 Å². The lowest BCUT2D eigenvalue weighted by Crippen LogP contribution is -2.38. The molecule has 0 radical (unpaired) electrons. The molecule has 15 heavy (non-hydrogen) atoms. The van der Waals surface area contributed by atoms with Gasteiger partial charge < -0.3 is 19.2 Å². The fourth-order valence-corrected chi connectivity index (χ4v) is 1.38. The summed E-state index contributed by atoms with van der Waals surface area (Å²) < 4.78 is 15.6. The van der Waals surface area contributed by atoms with Crippen molar-refractivity contribution >= 4 is 0 Å². The Morgan fingerprint density at radius 1 is 1.47 bits per heavy atom. The predicted octanol–water partition coefficient (Wildman–Crippen LogP) is 0.704. The number of oxazole rings is 1. The van der Waals surface area contributed by atoms with Crippen molar-refractivity contribution in [1.82, 2.24) is 10.3 Å². The van der Waals surface area contributed by atoms with E-state index >= 15 is 0 Å². The van der Waals surface area contributed by atoms with E-state index in [2.05, 4.69) is 10.3 Å². The van der Waals surface area contributed by atoms with Gasteiger partial charge in [0.15, 0.2) is 6.10 Å². The molecule has 1 N–H and O–H groups in total. The molecule has 0 amide bonds. The summed E-state index contributed by atoms with van der Waals surface area (Å²) in [6.45, 7) is 2.04. The van der Waals surface area contributed by atoms with Gasteiger partial charge in [0.2, 0.25) is 0 Å². The summed E-state index contributed by atoms with van der Waals surface area (Å²) in [6.07, 6.45) is 4.68. The van der Waals surface area contributed by atoms with Crippen molar-refractivity contribution in [2.24, 2.45) is 0 Å². The van der Waals surface area contributed by atoms with Crippen LogP contribution in [0.1, 0.15) is 18.5 Å². The molecule has 3 rings (SSSR count). The molecule has 2 aliphatic rings. The van der Waals surface area contributed by atoms with Gasteiger partial charge in [0.1, 0.15) is 6.26 Å². The summed E-state index contributed by atoms with van der Waals surface area (Å²) in [5.41, 5.74) is 0.900. The third-order valence-electron chi connectivity index (χ3n) is 2.55. The predicted molar refractivity (Wildman–Crippen MR) is 51.6 cm³/mol. The fourth-order valence-electron chi connectivity index (χ4n) is 1.38. The van der Waals surface area contributed by atoms with E-state index in [1.807, 2.05) is 0 Å². The number of hydrogen-bond acceptors (Lipinski definition) is 5. The van der Waals surface area contributed by atoms with Crippen molar-refractivity contribution in [3.8, 4) is 6.08 Å². The topological polar surface area (TPSA) is 56.5 Å². The van der Waals surface area contributed by atoms with Gasteiger partial charge in [-0.05, 0) is 12.8 Å². The Balaban J connectivity index is 1.50. The summed E-state index contributed by atoms with van der Waals surface area (Å²) in [4.78, 5) is 4.22. The molecule has 1 aromatic heterocycles. The molecule has 82 valence electrons. The lowest BCUT2D eigenvalue weighted by atomic mass is 10.3. The summed E-state index contributed by atoms with van der Waals surface area (Å²) in [5.74, 6) is 0. The maximum Gasteiger partial charge on any atom is 0.394 e. The van der Waals surface area contributed by atoms with Crippen LogP contribution in [0.5, 0.6) is 6.08 Å². The Hall–Kier alpha value is -1.07. The van der Waals surface area contributed by atoms with Crippen molar-refractivity contribution in [2.45, 2.75) is 31.5 Å². The Morgan fingerprint density at radius 3 is 3.00 bits per heavy atom. The molecule has 0 atom stereocenters. The Kier molecular flexibility index (Phi) is 2.34. The molecule has 0 spiro atoms. The lowest BCUT2D eigenvalue weighted by Gasteiger charge is -2.24. The third kappa shape index (κ3) is 2.30. The van der Waals surface area contributed by atoms with E-state index in [1.165, 1.54) is 12.8 Å². The van der Waals surface area contributed by atoms with Crippen LogP contribution in [0.15, 0.2) is 10.7 Å². The zero-order valence-electron chi connectivity index (χ0n) is 8.44. The third-order valence-corrected chi connectivity index (χ3v) is 2.55. The molecule has 0 aromatic carbocycles. The van der Waals surface area contributed by atoms with Crippen LogP contribution in [0.25, 0.3) is 0 Å². The molecule has 1 aromatic rings. The van der Waals surface area contributed by atoms with Crippen molar-refractivity contribution in [3.05, 3.63) is 12.0 Å². The fraction of sp³-hybridized carbons (Fsp3) is 0.700. The van der Waals surface area contributed by atoms with E-state index in [4.69, 9.17) is 13.9 Å². The second-order valence-corrected chi connectivity index (χ2v) is 4.04. The van der Waals surface area contributed by atoms with Crippen molar-refractivity contribution in [1.29, 1.82) is 0 Å². The molecule has 1 saturated carbocycles. The van der Waals surface area contributed by atoms with E-state index in [1.54, 1.807) is 6.26 Å². The molecular weight excluding hydrogens is 196 g/mol. The highest BCUT2D eigenvalue weighted by molar-refractivity contribution is 5.01. The van der Waals surface area contributed by atoms with Crippen molar-refractivity contribution in [2.75, 3.05) is 13.2 Å². The second kappa shape index (κ2) is 3.83. The first-order valence-corrected chi connectivity index (χ1v) is 5.32. The second-order valence-electron chi connectivity index (χ2n) is 4.04. The van der Waals surface area contributed by atoms with Gasteiger partial charge in [-0.3, -0.25) is 0 Å². The maximum absolute atomic E-state index is 5.42. The first-order valence-electron chi connectivity index (χ1n) is 5.32. The normalized spacial score (nSPS) is 21.3. The SMILES string of the molecule is c1oc(OC2COC2)nc1CNC1CC1. The standard InChI is InChI=1S/C10H14N2O3/c1-2-7(1)11-3-8-4-14-10(12-8)15-9-5-13-6-9/h4,7,9,11H,1-3,5-6H2. The minimum atomic E-state index is 0.118. The molecular formula is C10H14N2O3. The van der Waals surface area contributed by atoms with Crippen LogP contribution >= 0.6 is 0 Å². The zero-order valence-corrected chi connectivity index (χ0v) is 8.44. The number of nitrogens with zero attached hydrogens (tertiary/aromatic N) is 1. The number of aromatic nitrogens is 1. The highest BCUT2D eigenvalue weighted by Crippen LogP contribution is 2.20. The van der Waals surface area contributed by atoms with Crippen LogP contribution in [0.4, 0.5) is 0 Å². The smallest absolute Gasteiger partial charge is 0.394 e. The van der Waals surface area contributed by atoms with E-state index in [0.717, 1.165) is 12.2 Å². The van der Waals surface area contributed by atoms with Gasteiger partial charge >= 0.3 is 6.08 Å². The Morgan fingerprint density at radius 2 is 2.33 bits per heavy atom. The average molecular weight is 210 g/mol. The van der Waals surface area contributed by atoms with Gasteiger partial charge in [0, 0.05) is 12.6 Å². The number of ether oxygens (including phenoxy) is 2. The molecule has 1 aliphatic carbocycles.